The molecule has 0 aliphatic carbocycles. The van der Waals surface area contributed by atoms with Crippen LogP contribution >= 0.6 is 11.3 Å². The predicted octanol–water partition coefficient (Wildman–Crippen LogP) is 2.42. The quantitative estimate of drug-likeness (QED) is 0.401. The summed E-state index contributed by atoms with van der Waals surface area (Å²) in [6.45, 7) is 7.61. The minimum atomic E-state index is -3.69. The van der Waals surface area contributed by atoms with E-state index in [1.807, 2.05) is 6.20 Å². The van der Waals surface area contributed by atoms with E-state index in [0.29, 0.717) is 13.1 Å². The third-order valence-corrected chi connectivity index (χ3v) is 6.35. The predicted molar refractivity (Wildman–Crippen MR) is 101 cm³/mol. The van der Waals surface area contributed by atoms with Crippen molar-refractivity contribution in [1.29, 1.82) is 0 Å². The zero-order valence-corrected chi connectivity index (χ0v) is 16.5. The van der Waals surface area contributed by atoms with Crippen molar-refractivity contribution >= 4 is 27.0 Å². The first kappa shape index (κ1) is 20.4. The fourth-order valence-corrected chi connectivity index (χ4v) is 4.02. The molecule has 0 radical (unpaired) electrons. The first-order chi connectivity index (χ1) is 12.1. The number of non-ortho nitro benzene ring substituents is 1. The molecule has 0 amide bonds. The van der Waals surface area contributed by atoms with Crippen molar-refractivity contribution in [2.24, 2.45) is 0 Å². The first-order valence-corrected chi connectivity index (χ1v) is 10.3. The number of nitrogens with one attached hydrogen (secondary N) is 2. The van der Waals surface area contributed by atoms with Crippen LogP contribution in [-0.4, -0.2) is 31.4 Å². The molecule has 0 spiro atoms. The second-order valence-electron chi connectivity index (χ2n) is 6.71. The fraction of sp³-hybridized carbons (Fsp3) is 0.438. The molecule has 0 saturated carbocycles. The molecule has 1 heterocycles. The van der Waals surface area contributed by atoms with E-state index in [-0.39, 0.29) is 22.5 Å². The van der Waals surface area contributed by atoms with Crippen LogP contribution in [0.3, 0.4) is 0 Å². The Balaban J connectivity index is 1.80. The lowest BCUT2D eigenvalue weighted by atomic mass is 9.98. The van der Waals surface area contributed by atoms with E-state index in [2.05, 4.69) is 35.8 Å². The number of sulfonamides is 1. The summed E-state index contributed by atoms with van der Waals surface area (Å²) < 4.78 is 26.8. The lowest BCUT2D eigenvalue weighted by Gasteiger charge is -2.13. The Morgan fingerprint density at radius 2 is 1.85 bits per heavy atom. The lowest BCUT2D eigenvalue weighted by Crippen LogP contribution is -2.31. The molecule has 1 aromatic heterocycles. The molecule has 0 fully saturated rings. The number of nitrogens with zero attached hydrogens (tertiary/aromatic N) is 2. The smallest absolute Gasteiger partial charge is 0.269 e. The molecule has 0 aliphatic heterocycles. The zero-order valence-electron chi connectivity index (χ0n) is 14.9. The van der Waals surface area contributed by atoms with Gasteiger partial charge in [-0.15, -0.1) is 11.3 Å². The van der Waals surface area contributed by atoms with E-state index < -0.39 is 14.9 Å². The highest BCUT2D eigenvalue weighted by Crippen LogP contribution is 2.26. The molecular formula is C16H22N4O4S2. The minimum absolute atomic E-state index is 0.000348. The molecule has 0 aliphatic rings. The molecular weight excluding hydrogens is 376 g/mol. The summed E-state index contributed by atoms with van der Waals surface area (Å²) in [4.78, 5) is 15.5. The summed E-state index contributed by atoms with van der Waals surface area (Å²) in [6, 6.07) is 4.78. The summed E-state index contributed by atoms with van der Waals surface area (Å²) in [5.74, 6) is 0. The van der Waals surface area contributed by atoms with Gasteiger partial charge in [-0.25, -0.2) is 18.1 Å². The maximum absolute atomic E-state index is 12.1. The molecule has 10 heteroatoms. The van der Waals surface area contributed by atoms with Gasteiger partial charge in [0, 0.05) is 48.3 Å². The van der Waals surface area contributed by atoms with Crippen molar-refractivity contribution < 1.29 is 13.3 Å². The number of hydrogen-bond acceptors (Lipinski definition) is 7. The Bertz CT molecular complexity index is 855. The van der Waals surface area contributed by atoms with Gasteiger partial charge in [0.25, 0.3) is 5.69 Å². The van der Waals surface area contributed by atoms with Crippen LogP contribution in [0.25, 0.3) is 0 Å². The fourth-order valence-electron chi connectivity index (χ4n) is 2.05. The molecule has 0 saturated heterocycles. The highest BCUT2D eigenvalue weighted by atomic mass is 32.2. The van der Waals surface area contributed by atoms with Crippen molar-refractivity contribution in [2.45, 2.75) is 37.6 Å². The summed E-state index contributed by atoms with van der Waals surface area (Å²) >= 11 is 1.64. The van der Waals surface area contributed by atoms with Gasteiger partial charge < -0.3 is 5.32 Å². The van der Waals surface area contributed by atoms with E-state index in [1.165, 1.54) is 24.3 Å². The van der Waals surface area contributed by atoms with Crippen molar-refractivity contribution in [3.8, 4) is 0 Å². The Labute approximate surface area is 156 Å². The molecule has 1 aromatic carbocycles. The van der Waals surface area contributed by atoms with E-state index in [1.54, 1.807) is 11.3 Å². The van der Waals surface area contributed by atoms with Gasteiger partial charge in [0.05, 0.1) is 14.8 Å². The first-order valence-electron chi connectivity index (χ1n) is 7.99. The monoisotopic (exact) mass is 398 g/mol. The van der Waals surface area contributed by atoms with Gasteiger partial charge in [-0.1, -0.05) is 20.8 Å². The van der Waals surface area contributed by atoms with Gasteiger partial charge in [0.15, 0.2) is 0 Å². The minimum Gasteiger partial charge on any atom is -0.310 e. The van der Waals surface area contributed by atoms with Crippen molar-refractivity contribution in [1.82, 2.24) is 15.0 Å². The second-order valence-corrected chi connectivity index (χ2v) is 9.59. The highest BCUT2D eigenvalue weighted by molar-refractivity contribution is 7.89. The summed E-state index contributed by atoms with van der Waals surface area (Å²) in [7, 11) is -3.69. The number of aromatic nitrogens is 1. The average Bonchev–Trinajstić information content (AvgIpc) is 3.04. The summed E-state index contributed by atoms with van der Waals surface area (Å²) in [5.41, 5.74) is -0.131. The normalized spacial score (nSPS) is 12.3. The molecule has 26 heavy (non-hydrogen) atoms. The number of hydrogen-bond donors (Lipinski definition) is 2. The second kappa shape index (κ2) is 8.21. The van der Waals surface area contributed by atoms with Gasteiger partial charge in [0.2, 0.25) is 10.0 Å². The Hall–Kier alpha value is -1.88. The Kier molecular flexibility index (Phi) is 6.45. The van der Waals surface area contributed by atoms with Gasteiger partial charge in [-0.2, -0.15) is 0 Å². The molecule has 2 N–H and O–H groups in total. The summed E-state index contributed by atoms with van der Waals surface area (Å²) in [6.07, 6.45) is 1.83. The van der Waals surface area contributed by atoms with E-state index in [9.17, 15) is 18.5 Å². The number of nitro benzene ring substituents is 1. The molecule has 142 valence electrons. The van der Waals surface area contributed by atoms with Gasteiger partial charge in [-0.05, 0) is 12.1 Å². The maximum Gasteiger partial charge on any atom is 0.269 e. The lowest BCUT2D eigenvalue weighted by molar-refractivity contribution is -0.384. The van der Waals surface area contributed by atoms with Gasteiger partial charge in [0.1, 0.15) is 0 Å². The van der Waals surface area contributed by atoms with Crippen LogP contribution in [0.4, 0.5) is 5.69 Å². The van der Waals surface area contributed by atoms with Crippen molar-refractivity contribution in [3.63, 3.8) is 0 Å². The third kappa shape index (κ3) is 5.56. The molecule has 0 atom stereocenters. The number of benzene rings is 1. The van der Waals surface area contributed by atoms with Crippen molar-refractivity contribution in [3.05, 3.63) is 50.5 Å². The van der Waals surface area contributed by atoms with E-state index in [4.69, 9.17) is 0 Å². The number of thiazole rings is 1. The van der Waals surface area contributed by atoms with Crippen LogP contribution < -0.4 is 10.0 Å². The molecule has 0 unspecified atom stereocenters. The van der Waals surface area contributed by atoms with Crippen LogP contribution in [0.15, 0.2) is 35.4 Å². The Morgan fingerprint density at radius 3 is 2.38 bits per heavy atom. The molecule has 8 nitrogen and oxygen atoms in total. The van der Waals surface area contributed by atoms with E-state index >= 15 is 0 Å². The Morgan fingerprint density at radius 1 is 1.19 bits per heavy atom. The van der Waals surface area contributed by atoms with Crippen LogP contribution in [0, 0.1) is 10.1 Å². The highest BCUT2D eigenvalue weighted by Gasteiger charge is 2.18. The van der Waals surface area contributed by atoms with Crippen LogP contribution in [0.1, 0.15) is 30.7 Å². The molecule has 2 rings (SSSR count). The standard InChI is InChI=1S/C16H22N4O4S2/c1-16(2,3)15-18-11-13(25-15)10-17-8-9-19-26(23,24)14-6-4-12(5-7-14)20(21)22/h4-7,11,17,19H,8-10H2,1-3H3. The van der Waals surface area contributed by atoms with Crippen LogP contribution in [-0.2, 0) is 22.0 Å². The largest absolute Gasteiger partial charge is 0.310 e. The average molecular weight is 399 g/mol. The van der Waals surface area contributed by atoms with Crippen molar-refractivity contribution in [2.75, 3.05) is 13.1 Å². The van der Waals surface area contributed by atoms with E-state index in [0.717, 1.165) is 9.88 Å². The maximum atomic E-state index is 12.1. The topological polar surface area (TPSA) is 114 Å². The third-order valence-electron chi connectivity index (χ3n) is 3.45. The zero-order chi connectivity index (χ0) is 19.4. The number of rotatable bonds is 8. The van der Waals surface area contributed by atoms with Gasteiger partial charge in [-0.3, -0.25) is 10.1 Å². The van der Waals surface area contributed by atoms with Crippen LogP contribution in [0.2, 0.25) is 0 Å². The summed E-state index contributed by atoms with van der Waals surface area (Å²) in [5, 5.41) is 14.8. The van der Waals surface area contributed by atoms with Gasteiger partial charge >= 0.3 is 0 Å². The SMILES string of the molecule is CC(C)(C)c1ncc(CNCCNS(=O)(=O)c2ccc([N+](=O)[O-])cc2)s1. The molecule has 0 bridgehead atoms. The van der Waals surface area contributed by atoms with Crippen LogP contribution in [0.5, 0.6) is 0 Å². The molecule has 2 aromatic rings. The number of nitro groups is 1.